The Morgan fingerprint density at radius 1 is 1.30 bits per heavy atom. The first kappa shape index (κ1) is 7.84. The van der Waals surface area contributed by atoms with Crippen molar-refractivity contribution in [2.45, 2.75) is 0 Å². The zero-order valence-corrected chi connectivity index (χ0v) is 9.16. The Balaban J connectivity index is 0.000000500. The molecule has 0 saturated heterocycles. The Kier molecular flexibility index (Phi) is 2.52. The van der Waals surface area contributed by atoms with E-state index in [4.69, 9.17) is 0 Å². The fraction of sp³-hybridized carbons (Fsp3) is 0. The second-order valence-corrected chi connectivity index (χ2v) is 2.60. The molecule has 0 aliphatic rings. The molecule has 0 N–H and O–H groups in total. The fourth-order valence-corrected chi connectivity index (χ4v) is 1.36. The molecule has 0 aliphatic heterocycles. The van der Waals surface area contributed by atoms with Gasteiger partial charge in [0.05, 0.1) is 0 Å². The molecule has 2 rings (SSSR count). The van der Waals surface area contributed by atoms with Gasteiger partial charge >= 0.3 is 19.5 Å². The van der Waals surface area contributed by atoms with Crippen LogP contribution >= 0.6 is 11.3 Å². The van der Waals surface area contributed by atoms with E-state index in [9.17, 15) is 0 Å². The minimum atomic E-state index is 0. The Labute approximate surface area is 75.9 Å². The molecule has 0 saturated carbocycles. The number of hydrogen-bond acceptors (Lipinski definition) is 2. The predicted molar refractivity (Wildman–Crippen MR) is 38.5 cm³/mol. The van der Waals surface area contributed by atoms with E-state index in [0.29, 0.717) is 0 Å². The average Bonchev–Trinajstić information content (AvgIpc) is 2.33. The zero-order chi connectivity index (χ0) is 6.10. The molecule has 1 aromatic heterocycles. The van der Waals surface area contributed by atoms with Gasteiger partial charge in [0.2, 0.25) is 0 Å². The van der Waals surface area contributed by atoms with Crippen molar-refractivity contribution >= 4 is 21.6 Å². The largest absolute Gasteiger partial charge is 2.00 e. The van der Waals surface area contributed by atoms with Gasteiger partial charge in [0.15, 0.2) is 0 Å². The van der Waals surface area contributed by atoms with Crippen LogP contribution in [0.3, 0.4) is 0 Å². The number of para-hydroxylation sites is 1. The molecule has 1 heterocycles. The maximum Gasteiger partial charge on any atom is 2.00 e. The summed E-state index contributed by atoms with van der Waals surface area (Å²) in [5, 5.41) is 0. The standard InChI is InChI=1S/C7H4NS.Zn/c1-2-4-7-6(3-1)8-5-9-7;/h1-4H;/q-1;+2. The third kappa shape index (κ3) is 1.25. The van der Waals surface area contributed by atoms with Gasteiger partial charge in [-0.3, -0.25) is 11.3 Å². The molecule has 1 aromatic carbocycles. The molecule has 1 nitrogen and oxygen atoms in total. The fourth-order valence-electron chi connectivity index (χ4n) is 0.757. The van der Waals surface area contributed by atoms with Crippen LogP contribution in [0.2, 0.25) is 0 Å². The van der Waals surface area contributed by atoms with Crippen LogP contribution < -0.4 is 0 Å². The molecule has 10 heavy (non-hydrogen) atoms. The van der Waals surface area contributed by atoms with Gasteiger partial charge in [-0.25, -0.2) is 0 Å². The smallest absolute Gasteiger partial charge is 0.386 e. The summed E-state index contributed by atoms with van der Waals surface area (Å²) in [6.45, 7) is 0. The molecule has 3 heteroatoms. The number of hydrogen-bond donors (Lipinski definition) is 0. The molecule has 0 aliphatic carbocycles. The van der Waals surface area contributed by atoms with E-state index in [1.807, 2.05) is 24.3 Å². The maximum absolute atomic E-state index is 4.01. The normalized spacial score (nSPS) is 9.20. The van der Waals surface area contributed by atoms with Crippen LogP contribution in [-0.4, -0.2) is 4.98 Å². The van der Waals surface area contributed by atoms with Crippen LogP contribution in [0.4, 0.5) is 0 Å². The van der Waals surface area contributed by atoms with Crippen LogP contribution in [0, 0.1) is 5.51 Å². The Morgan fingerprint density at radius 3 is 2.90 bits per heavy atom. The van der Waals surface area contributed by atoms with E-state index in [0.717, 1.165) is 5.52 Å². The number of benzene rings is 1. The van der Waals surface area contributed by atoms with E-state index in [2.05, 4.69) is 10.5 Å². The van der Waals surface area contributed by atoms with Crippen molar-refractivity contribution in [1.82, 2.24) is 4.98 Å². The molecule has 0 spiro atoms. The van der Waals surface area contributed by atoms with Crippen molar-refractivity contribution in [3.05, 3.63) is 29.8 Å². The molecule has 0 bridgehead atoms. The van der Waals surface area contributed by atoms with Gasteiger partial charge in [-0.15, -0.1) is 16.8 Å². The minimum absolute atomic E-state index is 0. The van der Waals surface area contributed by atoms with Crippen molar-refractivity contribution in [1.29, 1.82) is 0 Å². The average molecular weight is 200 g/mol. The minimum Gasteiger partial charge on any atom is -0.386 e. The second-order valence-electron chi connectivity index (χ2n) is 1.77. The molecular weight excluding hydrogens is 196 g/mol. The number of aromatic nitrogens is 1. The predicted octanol–water partition coefficient (Wildman–Crippen LogP) is 2.09. The summed E-state index contributed by atoms with van der Waals surface area (Å²) in [6.07, 6.45) is 0. The van der Waals surface area contributed by atoms with Crippen LogP contribution in [-0.2, 0) is 19.5 Å². The van der Waals surface area contributed by atoms with E-state index < -0.39 is 0 Å². The Morgan fingerprint density at radius 2 is 2.10 bits per heavy atom. The number of rotatable bonds is 0. The summed E-state index contributed by atoms with van der Waals surface area (Å²) in [4.78, 5) is 4.01. The van der Waals surface area contributed by atoms with Gasteiger partial charge < -0.3 is 4.98 Å². The molecule has 44 valence electrons. The second kappa shape index (κ2) is 3.22. The topological polar surface area (TPSA) is 12.9 Å². The SMILES string of the molecule is [Zn+2].[c-]1nc2ccccc2s1. The maximum atomic E-state index is 4.01. The first-order chi connectivity index (χ1) is 4.47. The monoisotopic (exact) mass is 198 g/mol. The summed E-state index contributed by atoms with van der Waals surface area (Å²) in [5.41, 5.74) is 3.87. The third-order valence-electron chi connectivity index (χ3n) is 1.19. The molecule has 0 fully saturated rings. The van der Waals surface area contributed by atoms with Crippen molar-refractivity contribution in [2.75, 3.05) is 0 Å². The Hall–Kier alpha value is -0.267. The summed E-state index contributed by atoms with van der Waals surface area (Å²) >= 11 is 1.55. The van der Waals surface area contributed by atoms with E-state index in [1.165, 1.54) is 4.70 Å². The first-order valence-corrected chi connectivity index (χ1v) is 3.50. The quantitative estimate of drug-likeness (QED) is 0.468. The van der Waals surface area contributed by atoms with Crippen molar-refractivity contribution in [2.24, 2.45) is 0 Å². The summed E-state index contributed by atoms with van der Waals surface area (Å²) in [5.74, 6) is 0. The number of thiazole rings is 1. The van der Waals surface area contributed by atoms with Crippen molar-refractivity contribution < 1.29 is 19.5 Å². The van der Waals surface area contributed by atoms with Gasteiger partial charge in [-0.1, -0.05) is 17.6 Å². The van der Waals surface area contributed by atoms with Crippen molar-refractivity contribution in [3.63, 3.8) is 0 Å². The van der Waals surface area contributed by atoms with Gasteiger partial charge in [0, 0.05) is 0 Å². The molecular formula is C7H4NSZn+. The molecule has 0 amide bonds. The van der Waals surface area contributed by atoms with Gasteiger partial charge in [-0.05, 0) is 5.51 Å². The molecule has 0 radical (unpaired) electrons. The third-order valence-corrected chi connectivity index (χ3v) is 1.93. The van der Waals surface area contributed by atoms with Gasteiger partial charge in [0.25, 0.3) is 0 Å². The van der Waals surface area contributed by atoms with E-state index in [1.54, 1.807) is 11.3 Å². The van der Waals surface area contributed by atoms with Crippen molar-refractivity contribution in [3.8, 4) is 0 Å². The summed E-state index contributed by atoms with van der Waals surface area (Å²) in [7, 11) is 0. The van der Waals surface area contributed by atoms with E-state index in [-0.39, 0.29) is 19.5 Å². The number of fused-ring (bicyclic) bond motifs is 1. The number of nitrogens with zero attached hydrogens (tertiary/aromatic N) is 1. The Bertz CT molecular complexity index is 288. The zero-order valence-electron chi connectivity index (χ0n) is 5.37. The summed E-state index contributed by atoms with van der Waals surface area (Å²) < 4.78 is 1.21. The summed E-state index contributed by atoms with van der Waals surface area (Å²) in [6, 6.07) is 8.02. The van der Waals surface area contributed by atoms with Gasteiger partial charge in [-0.2, -0.15) is 0 Å². The first-order valence-electron chi connectivity index (χ1n) is 2.68. The molecule has 0 atom stereocenters. The van der Waals surface area contributed by atoms with Crippen LogP contribution in [0.25, 0.3) is 10.2 Å². The molecule has 0 unspecified atom stereocenters. The van der Waals surface area contributed by atoms with Crippen LogP contribution in [0.1, 0.15) is 0 Å². The van der Waals surface area contributed by atoms with Crippen LogP contribution in [0.5, 0.6) is 0 Å². The van der Waals surface area contributed by atoms with E-state index >= 15 is 0 Å². The van der Waals surface area contributed by atoms with Crippen LogP contribution in [0.15, 0.2) is 24.3 Å². The molecule has 2 aromatic rings. The van der Waals surface area contributed by atoms with Gasteiger partial charge in [0.1, 0.15) is 0 Å².